The molecule has 0 aliphatic carbocycles. The molecule has 2 rings (SSSR count). The number of benzene rings is 2. The van der Waals surface area contributed by atoms with Crippen molar-refractivity contribution in [2.75, 3.05) is 17.6 Å². The number of nitrogens with one attached hydrogen (secondary N) is 1. The Labute approximate surface area is 149 Å². The maximum atomic E-state index is 12.5. The standard InChI is InChI=1S/C19H24N2O3S/c1-13-6-7-14(2)18(12-13)15(3)20-19(22)16-8-10-17(11-9-16)21(4)25(5,23)24/h6-12,15H,1-5H3,(H,20,22)/t15-/m1/s1. The Morgan fingerprint density at radius 1 is 1.08 bits per heavy atom. The molecular weight excluding hydrogens is 336 g/mol. The van der Waals surface area contributed by atoms with Gasteiger partial charge in [0.05, 0.1) is 18.0 Å². The minimum Gasteiger partial charge on any atom is -0.346 e. The summed E-state index contributed by atoms with van der Waals surface area (Å²) in [6.07, 6.45) is 1.14. The summed E-state index contributed by atoms with van der Waals surface area (Å²) >= 11 is 0. The first-order valence-corrected chi connectivity index (χ1v) is 9.86. The largest absolute Gasteiger partial charge is 0.346 e. The molecule has 0 radical (unpaired) electrons. The maximum Gasteiger partial charge on any atom is 0.251 e. The fourth-order valence-electron chi connectivity index (χ4n) is 2.60. The van der Waals surface area contributed by atoms with Gasteiger partial charge in [-0.25, -0.2) is 8.42 Å². The number of hydrogen-bond donors (Lipinski definition) is 1. The van der Waals surface area contributed by atoms with Crippen LogP contribution in [0.2, 0.25) is 0 Å². The number of rotatable bonds is 5. The van der Waals surface area contributed by atoms with E-state index < -0.39 is 10.0 Å². The van der Waals surface area contributed by atoms with E-state index in [1.807, 2.05) is 32.9 Å². The highest BCUT2D eigenvalue weighted by molar-refractivity contribution is 7.92. The highest BCUT2D eigenvalue weighted by Crippen LogP contribution is 2.20. The van der Waals surface area contributed by atoms with Gasteiger partial charge in [-0.1, -0.05) is 23.8 Å². The molecule has 2 aromatic carbocycles. The third-order valence-electron chi connectivity index (χ3n) is 4.24. The normalized spacial score (nSPS) is 12.5. The Balaban J connectivity index is 2.14. The molecule has 0 heterocycles. The number of aryl methyl sites for hydroxylation is 2. The van der Waals surface area contributed by atoms with Crippen molar-refractivity contribution in [3.8, 4) is 0 Å². The fraction of sp³-hybridized carbons (Fsp3) is 0.316. The first-order valence-electron chi connectivity index (χ1n) is 8.01. The predicted octanol–water partition coefficient (Wildman–Crippen LogP) is 3.19. The minimum atomic E-state index is -3.32. The smallest absolute Gasteiger partial charge is 0.251 e. The molecule has 134 valence electrons. The van der Waals surface area contributed by atoms with E-state index in [9.17, 15) is 13.2 Å². The first-order chi connectivity index (χ1) is 11.6. The van der Waals surface area contributed by atoms with Crippen LogP contribution in [0.1, 0.15) is 40.0 Å². The average molecular weight is 360 g/mol. The van der Waals surface area contributed by atoms with Crippen molar-refractivity contribution in [3.63, 3.8) is 0 Å². The van der Waals surface area contributed by atoms with E-state index in [0.29, 0.717) is 11.3 Å². The van der Waals surface area contributed by atoms with Gasteiger partial charge in [-0.05, 0) is 56.2 Å². The zero-order chi connectivity index (χ0) is 18.8. The molecule has 1 atom stereocenters. The summed E-state index contributed by atoms with van der Waals surface area (Å²) in [5.74, 6) is -0.193. The van der Waals surface area contributed by atoms with Crippen molar-refractivity contribution < 1.29 is 13.2 Å². The maximum absolute atomic E-state index is 12.5. The van der Waals surface area contributed by atoms with E-state index in [-0.39, 0.29) is 11.9 Å². The molecule has 1 N–H and O–H groups in total. The molecule has 1 amide bonds. The Hall–Kier alpha value is -2.34. The lowest BCUT2D eigenvalue weighted by Gasteiger charge is -2.19. The summed E-state index contributed by atoms with van der Waals surface area (Å²) in [5, 5.41) is 2.99. The van der Waals surface area contributed by atoms with Gasteiger partial charge in [0.25, 0.3) is 5.91 Å². The van der Waals surface area contributed by atoms with Crippen LogP contribution >= 0.6 is 0 Å². The first kappa shape index (κ1) is 19.0. The number of nitrogens with zero attached hydrogens (tertiary/aromatic N) is 1. The zero-order valence-electron chi connectivity index (χ0n) is 15.2. The number of sulfonamides is 1. The third kappa shape index (κ3) is 4.60. The van der Waals surface area contributed by atoms with E-state index in [1.54, 1.807) is 24.3 Å². The molecular formula is C19H24N2O3S. The Bertz CT molecular complexity index is 874. The molecule has 0 unspecified atom stereocenters. The second-order valence-electron chi connectivity index (χ2n) is 6.33. The lowest BCUT2D eigenvalue weighted by Crippen LogP contribution is -2.27. The Kier molecular flexibility index (Phi) is 5.52. The van der Waals surface area contributed by atoms with Gasteiger partial charge in [-0.3, -0.25) is 9.10 Å². The molecule has 6 heteroatoms. The van der Waals surface area contributed by atoms with Crippen molar-refractivity contribution in [1.29, 1.82) is 0 Å². The van der Waals surface area contributed by atoms with E-state index in [2.05, 4.69) is 11.4 Å². The SMILES string of the molecule is Cc1ccc(C)c([C@@H](C)NC(=O)c2ccc(N(C)S(C)(=O)=O)cc2)c1. The summed E-state index contributed by atoms with van der Waals surface area (Å²) in [6, 6.07) is 12.5. The molecule has 0 saturated carbocycles. The van der Waals surface area contributed by atoms with E-state index in [0.717, 1.165) is 22.9 Å². The summed E-state index contributed by atoms with van der Waals surface area (Å²) in [5.41, 5.74) is 4.37. The zero-order valence-corrected chi connectivity index (χ0v) is 16.0. The highest BCUT2D eigenvalue weighted by atomic mass is 32.2. The number of anilines is 1. The fourth-order valence-corrected chi connectivity index (χ4v) is 3.10. The van der Waals surface area contributed by atoms with Gasteiger partial charge >= 0.3 is 0 Å². The van der Waals surface area contributed by atoms with E-state index in [4.69, 9.17) is 0 Å². The van der Waals surface area contributed by atoms with Crippen LogP contribution < -0.4 is 9.62 Å². The van der Waals surface area contributed by atoms with Gasteiger partial charge in [0.15, 0.2) is 0 Å². The molecule has 0 saturated heterocycles. The van der Waals surface area contributed by atoms with Crippen LogP contribution in [0, 0.1) is 13.8 Å². The molecule has 0 aliphatic rings. The molecule has 2 aromatic rings. The topological polar surface area (TPSA) is 66.5 Å². The van der Waals surface area contributed by atoms with Crippen LogP contribution in [0.4, 0.5) is 5.69 Å². The summed E-state index contributed by atoms with van der Waals surface area (Å²) in [7, 11) is -1.84. The van der Waals surface area contributed by atoms with Gasteiger partial charge in [-0.2, -0.15) is 0 Å². The van der Waals surface area contributed by atoms with Gasteiger partial charge in [0.1, 0.15) is 0 Å². The highest BCUT2D eigenvalue weighted by Gasteiger charge is 2.15. The quantitative estimate of drug-likeness (QED) is 0.890. The van der Waals surface area contributed by atoms with Crippen molar-refractivity contribution >= 4 is 21.6 Å². The van der Waals surface area contributed by atoms with Crippen molar-refractivity contribution in [1.82, 2.24) is 5.32 Å². The average Bonchev–Trinajstić information content (AvgIpc) is 2.55. The molecule has 0 aromatic heterocycles. The van der Waals surface area contributed by atoms with Crippen molar-refractivity contribution in [3.05, 3.63) is 64.7 Å². The Morgan fingerprint density at radius 3 is 2.24 bits per heavy atom. The molecule has 25 heavy (non-hydrogen) atoms. The van der Waals surface area contributed by atoms with Gasteiger partial charge in [-0.15, -0.1) is 0 Å². The van der Waals surface area contributed by atoms with Crippen LogP contribution in [0.25, 0.3) is 0 Å². The van der Waals surface area contributed by atoms with Crippen LogP contribution in [-0.2, 0) is 10.0 Å². The predicted molar refractivity (Wildman–Crippen MR) is 101 cm³/mol. The van der Waals surface area contributed by atoms with Crippen molar-refractivity contribution in [2.45, 2.75) is 26.8 Å². The number of hydrogen-bond acceptors (Lipinski definition) is 3. The minimum absolute atomic E-state index is 0.120. The van der Waals surface area contributed by atoms with E-state index in [1.165, 1.54) is 11.4 Å². The molecule has 0 aliphatic heterocycles. The summed E-state index contributed by atoms with van der Waals surface area (Å²) in [6.45, 7) is 5.99. The third-order valence-corrected chi connectivity index (χ3v) is 5.45. The number of carbonyl (C=O) groups excluding carboxylic acids is 1. The van der Waals surface area contributed by atoms with Gasteiger partial charge in [0, 0.05) is 12.6 Å². The molecule has 0 spiro atoms. The Morgan fingerprint density at radius 2 is 1.68 bits per heavy atom. The number of carbonyl (C=O) groups is 1. The molecule has 0 bridgehead atoms. The van der Waals surface area contributed by atoms with Crippen molar-refractivity contribution in [2.24, 2.45) is 0 Å². The summed E-state index contributed by atoms with van der Waals surface area (Å²) < 4.78 is 24.3. The number of amides is 1. The molecule has 5 nitrogen and oxygen atoms in total. The summed E-state index contributed by atoms with van der Waals surface area (Å²) in [4.78, 5) is 12.5. The van der Waals surface area contributed by atoms with Crippen LogP contribution in [-0.4, -0.2) is 27.6 Å². The second-order valence-corrected chi connectivity index (χ2v) is 8.35. The second kappa shape index (κ2) is 7.27. The van der Waals surface area contributed by atoms with Crippen LogP contribution in [0.15, 0.2) is 42.5 Å². The van der Waals surface area contributed by atoms with Crippen LogP contribution in [0.3, 0.4) is 0 Å². The lowest BCUT2D eigenvalue weighted by atomic mass is 9.99. The lowest BCUT2D eigenvalue weighted by molar-refractivity contribution is 0.0940. The van der Waals surface area contributed by atoms with Gasteiger partial charge < -0.3 is 5.32 Å². The van der Waals surface area contributed by atoms with E-state index >= 15 is 0 Å². The monoisotopic (exact) mass is 360 g/mol. The van der Waals surface area contributed by atoms with Gasteiger partial charge in [0.2, 0.25) is 10.0 Å². The molecule has 0 fully saturated rings. The van der Waals surface area contributed by atoms with Crippen LogP contribution in [0.5, 0.6) is 0 Å².